The molecular weight excluding hydrogens is 218 g/mol. The van der Waals surface area contributed by atoms with Crippen LogP contribution in [0.4, 0.5) is 5.13 Å². The van der Waals surface area contributed by atoms with Gasteiger partial charge in [-0.3, -0.25) is 0 Å². The van der Waals surface area contributed by atoms with E-state index in [0.717, 1.165) is 15.2 Å². The van der Waals surface area contributed by atoms with Crippen LogP contribution in [0.5, 0.6) is 0 Å². The third-order valence-electron chi connectivity index (χ3n) is 1.36. The molecular formula is C7H7N5S2. The van der Waals surface area contributed by atoms with Crippen molar-refractivity contribution in [3.05, 3.63) is 18.1 Å². The molecule has 0 unspecified atom stereocenters. The third-order valence-corrected chi connectivity index (χ3v) is 3.10. The summed E-state index contributed by atoms with van der Waals surface area (Å²) in [6, 6.07) is 1.83. The molecule has 0 aromatic carbocycles. The van der Waals surface area contributed by atoms with E-state index in [1.807, 2.05) is 13.0 Å². The summed E-state index contributed by atoms with van der Waals surface area (Å²) in [6.07, 6.45) is 1.72. The van der Waals surface area contributed by atoms with Gasteiger partial charge in [-0.2, -0.15) is 0 Å². The normalized spacial score (nSPS) is 10.4. The van der Waals surface area contributed by atoms with E-state index < -0.39 is 0 Å². The highest BCUT2D eigenvalue weighted by atomic mass is 32.2. The SMILES string of the molecule is Cc1nccc(Sc2nnc(N)s2)n1. The second-order valence-corrected chi connectivity index (χ2v) is 4.73. The Morgan fingerprint density at radius 2 is 2.29 bits per heavy atom. The molecule has 5 nitrogen and oxygen atoms in total. The quantitative estimate of drug-likeness (QED) is 0.778. The molecule has 14 heavy (non-hydrogen) atoms. The highest BCUT2D eigenvalue weighted by molar-refractivity contribution is 8.01. The minimum absolute atomic E-state index is 0.471. The summed E-state index contributed by atoms with van der Waals surface area (Å²) in [5.41, 5.74) is 5.46. The Kier molecular flexibility index (Phi) is 2.60. The second kappa shape index (κ2) is 3.89. The van der Waals surface area contributed by atoms with Crippen molar-refractivity contribution in [1.29, 1.82) is 0 Å². The number of nitrogen functional groups attached to an aromatic ring is 1. The predicted octanol–water partition coefficient (Wildman–Crippen LogP) is 1.37. The summed E-state index contributed by atoms with van der Waals surface area (Å²) in [7, 11) is 0. The van der Waals surface area contributed by atoms with Gasteiger partial charge in [-0.05, 0) is 24.8 Å². The zero-order chi connectivity index (χ0) is 9.97. The molecule has 0 atom stereocenters. The van der Waals surface area contributed by atoms with Crippen molar-refractivity contribution in [2.24, 2.45) is 0 Å². The Hall–Kier alpha value is -1.21. The van der Waals surface area contributed by atoms with Crippen molar-refractivity contribution in [3.8, 4) is 0 Å². The number of nitrogens with two attached hydrogens (primary N) is 1. The maximum absolute atomic E-state index is 5.46. The monoisotopic (exact) mass is 225 g/mol. The van der Waals surface area contributed by atoms with Crippen LogP contribution in [0.1, 0.15) is 5.82 Å². The first kappa shape index (κ1) is 9.35. The Balaban J connectivity index is 2.18. The predicted molar refractivity (Wildman–Crippen MR) is 55.2 cm³/mol. The summed E-state index contributed by atoms with van der Waals surface area (Å²) in [4.78, 5) is 8.23. The third kappa shape index (κ3) is 2.18. The molecule has 0 amide bonds. The summed E-state index contributed by atoms with van der Waals surface area (Å²) in [5, 5.41) is 8.93. The van der Waals surface area contributed by atoms with Crippen molar-refractivity contribution in [2.75, 3.05) is 5.73 Å². The fraction of sp³-hybridized carbons (Fsp3) is 0.143. The molecule has 72 valence electrons. The van der Waals surface area contributed by atoms with Crippen molar-refractivity contribution in [3.63, 3.8) is 0 Å². The maximum Gasteiger partial charge on any atom is 0.203 e. The van der Waals surface area contributed by atoms with E-state index in [0.29, 0.717) is 5.13 Å². The van der Waals surface area contributed by atoms with Crippen molar-refractivity contribution in [2.45, 2.75) is 16.3 Å². The maximum atomic E-state index is 5.46. The van der Waals surface area contributed by atoms with Gasteiger partial charge in [0.25, 0.3) is 0 Å². The largest absolute Gasteiger partial charge is 0.374 e. The number of rotatable bonds is 2. The topological polar surface area (TPSA) is 77.6 Å². The van der Waals surface area contributed by atoms with E-state index in [9.17, 15) is 0 Å². The fourth-order valence-corrected chi connectivity index (χ4v) is 2.43. The highest BCUT2D eigenvalue weighted by Gasteiger charge is 2.04. The average Bonchev–Trinajstić information content (AvgIpc) is 2.51. The molecule has 7 heteroatoms. The second-order valence-electron chi connectivity index (χ2n) is 2.45. The molecule has 0 spiro atoms. The van der Waals surface area contributed by atoms with Gasteiger partial charge in [0.2, 0.25) is 5.13 Å². The summed E-state index contributed by atoms with van der Waals surface area (Å²) < 4.78 is 0.792. The molecule has 2 heterocycles. The lowest BCUT2D eigenvalue weighted by atomic mass is 10.6. The number of hydrogen-bond donors (Lipinski definition) is 1. The Morgan fingerprint density at radius 3 is 2.93 bits per heavy atom. The number of aromatic nitrogens is 4. The smallest absolute Gasteiger partial charge is 0.203 e. The van der Waals surface area contributed by atoms with Gasteiger partial charge in [0.05, 0.1) is 0 Å². The number of aryl methyl sites for hydroxylation is 1. The van der Waals surface area contributed by atoms with Crippen LogP contribution < -0.4 is 5.73 Å². The molecule has 2 aromatic heterocycles. The van der Waals surface area contributed by atoms with Crippen molar-refractivity contribution in [1.82, 2.24) is 20.2 Å². The van der Waals surface area contributed by atoms with Crippen LogP contribution in [0.15, 0.2) is 21.6 Å². The van der Waals surface area contributed by atoms with Gasteiger partial charge in [-0.15, -0.1) is 10.2 Å². The first-order chi connectivity index (χ1) is 6.74. The van der Waals surface area contributed by atoms with Gasteiger partial charge in [0.1, 0.15) is 10.9 Å². The summed E-state index contributed by atoms with van der Waals surface area (Å²) in [6.45, 7) is 1.85. The number of anilines is 1. The lowest BCUT2D eigenvalue weighted by Gasteiger charge is -1.95. The van der Waals surface area contributed by atoms with Gasteiger partial charge in [0, 0.05) is 6.20 Å². The molecule has 0 bridgehead atoms. The van der Waals surface area contributed by atoms with Crippen LogP contribution in [0.3, 0.4) is 0 Å². The molecule has 0 aliphatic carbocycles. The number of nitrogens with zero attached hydrogens (tertiary/aromatic N) is 4. The molecule has 2 rings (SSSR count). The van der Waals surface area contributed by atoms with Crippen LogP contribution in [0.25, 0.3) is 0 Å². The average molecular weight is 225 g/mol. The van der Waals surface area contributed by atoms with Gasteiger partial charge in [-0.1, -0.05) is 11.3 Å². The molecule has 0 aliphatic rings. The van der Waals surface area contributed by atoms with E-state index in [1.54, 1.807) is 6.20 Å². The van der Waals surface area contributed by atoms with E-state index in [2.05, 4.69) is 20.2 Å². The van der Waals surface area contributed by atoms with Crippen LogP contribution in [0.2, 0.25) is 0 Å². The molecule has 0 aliphatic heterocycles. The first-order valence-electron chi connectivity index (χ1n) is 3.80. The van der Waals surface area contributed by atoms with Crippen LogP contribution in [-0.4, -0.2) is 20.2 Å². The summed E-state index contributed by atoms with van der Waals surface area (Å²) >= 11 is 2.78. The lowest BCUT2D eigenvalue weighted by molar-refractivity contribution is 0.960. The van der Waals surface area contributed by atoms with Crippen LogP contribution >= 0.6 is 23.1 Å². The highest BCUT2D eigenvalue weighted by Crippen LogP contribution is 2.29. The minimum atomic E-state index is 0.471. The summed E-state index contributed by atoms with van der Waals surface area (Å²) in [5.74, 6) is 0.743. The van der Waals surface area contributed by atoms with E-state index >= 15 is 0 Å². The van der Waals surface area contributed by atoms with Crippen molar-refractivity contribution >= 4 is 28.2 Å². The molecule has 2 N–H and O–H groups in total. The molecule has 0 saturated heterocycles. The van der Waals surface area contributed by atoms with E-state index in [4.69, 9.17) is 5.73 Å². The molecule has 0 fully saturated rings. The Labute approximate surface area is 88.8 Å². The molecule has 0 saturated carbocycles. The van der Waals surface area contributed by atoms with Gasteiger partial charge in [0.15, 0.2) is 4.34 Å². The zero-order valence-electron chi connectivity index (χ0n) is 7.34. The van der Waals surface area contributed by atoms with Gasteiger partial charge >= 0.3 is 0 Å². The van der Waals surface area contributed by atoms with Crippen LogP contribution in [-0.2, 0) is 0 Å². The van der Waals surface area contributed by atoms with Gasteiger partial charge in [-0.25, -0.2) is 9.97 Å². The van der Waals surface area contributed by atoms with E-state index in [1.165, 1.54) is 23.1 Å². The first-order valence-corrected chi connectivity index (χ1v) is 5.44. The van der Waals surface area contributed by atoms with Gasteiger partial charge < -0.3 is 5.73 Å². The fourth-order valence-electron chi connectivity index (χ4n) is 0.842. The lowest BCUT2D eigenvalue weighted by Crippen LogP contribution is -1.87. The van der Waals surface area contributed by atoms with Crippen LogP contribution in [0, 0.1) is 6.92 Å². The molecule has 0 radical (unpaired) electrons. The standard InChI is InChI=1S/C7H7N5S2/c1-4-9-3-2-5(10-4)13-7-12-11-6(8)14-7/h2-3H,1H3,(H2,8,11). The molecule has 2 aromatic rings. The zero-order valence-corrected chi connectivity index (χ0v) is 8.97. The van der Waals surface area contributed by atoms with E-state index in [-0.39, 0.29) is 0 Å². The minimum Gasteiger partial charge on any atom is -0.374 e. The van der Waals surface area contributed by atoms with Crippen molar-refractivity contribution < 1.29 is 0 Å². The number of hydrogen-bond acceptors (Lipinski definition) is 7. The Morgan fingerprint density at radius 1 is 1.43 bits per heavy atom. The Bertz CT molecular complexity index is 441.